The molecule has 3 aromatic rings. The van der Waals surface area contributed by atoms with Crippen molar-refractivity contribution in [2.24, 2.45) is 16.1 Å². The number of carbonyl (C=O) groups is 1. The Balaban J connectivity index is 1.59. The van der Waals surface area contributed by atoms with Crippen LogP contribution < -0.4 is 9.47 Å². The van der Waals surface area contributed by atoms with Crippen LogP contribution in [0.4, 0.5) is 0 Å². The summed E-state index contributed by atoms with van der Waals surface area (Å²) in [6, 6.07) is 14.3. The van der Waals surface area contributed by atoms with Crippen LogP contribution in [0.5, 0.6) is 11.5 Å². The number of hydrogen-bond acceptors (Lipinski definition) is 7. The Morgan fingerprint density at radius 2 is 1.97 bits per heavy atom. The van der Waals surface area contributed by atoms with Gasteiger partial charge in [-0.25, -0.2) is 0 Å². The molecule has 192 valence electrons. The zero-order valence-electron chi connectivity index (χ0n) is 20.5. The van der Waals surface area contributed by atoms with Crippen LogP contribution in [0.25, 0.3) is 6.08 Å². The number of benzene rings is 2. The predicted molar refractivity (Wildman–Crippen MR) is 150 cm³/mol. The summed E-state index contributed by atoms with van der Waals surface area (Å²) in [6.45, 7) is 4.96. The highest BCUT2D eigenvalue weighted by molar-refractivity contribution is 8.18. The van der Waals surface area contributed by atoms with Crippen molar-refractivity contribution in [3.63, 3.8) is 0 Å². The monoisotopic (exact) mass is 557 g/mol. The number of hydrogen-bond donors (Lipinski definition) is 0. The van der Waals surface area contributed by atoms with E-state index in [4.69, 9.17) is 37.1 Å². The average molecular weight is 558 g/mol. The highest BCUT2D eigenvalue weighted by atomic mass is 35.5. The summed E-state index contributed by atoms with van der Waals surface area (Å²) in [7, 11) is 1.59. The molecule has 1 aromatic heterocycles. The van der Waals surface area contributed by atoms with Crippen LogP contribution in [-0.4, -0.2) is 35.9 Å². The maximum atomic E-state index is 13.3. The second-order valence-corrected chi connectivity index (χ2v) is 10.3. The van der Waals surface area contributed by atoms with E-state index in [0.29, 0.717) is 55.5 Å². The van der Waals surface area contributed by atoms with Crippen LogP contribution in [0.15, 0.2) is 74.3 Å². The van der Waals surface area contributed by atoms with E-state index in [1.807, 2.05) is 18.2 Å². The molecule has 0 spiro atoms. The number of thioether (sulfide) groups is 1. The molecule has 4 rings (SSSR count). The van der Waals surface area contributed by atoms with Crippen molar-refractivity contribution in [3.05, 3.63) is 86.6 Å². The third-order valence-corrected chi connectivity index (χ3v) is 6.99. The van der Waals surface area contributed by atoms with E-state index in [9.17, 15) is 4.79 Å². The molecule has 10 heteroatoms. The number of furan rings is 1. The Labute approximate surface area is 229 Å². The summed E-state index contributed by atoms with van der Waals surface area (Å²) >= 11 is 13.7. The number of rotatable bonds is 9. The van der Waals surface area contributed by atoms with Gasteiger partial charge in [-0.1, -0.05) is 49.2 Å². The molecule has 2 aromatic carbocycles. The van der Waals surface area contributed by atoms with Crippen molar-refractivity contribution >= 4 is 58.3 Å². The van der Waals surface area contributed by atoms with Gasteiger partial charge in [0.15, 0.2) is 16.7 Å². The molecule has 2 heterocycles. The number of amidine groups is 1. The van der Waals surface area contributed by atoms with E-state index >= 15 is 0 Å². The number of nitrogens with zero attached hydrogens (tertiary/aromatic N) is 3. The van der Waals surface area contributed by atoms with Crippen molar-refractivity contribution in [2.45, 2.75) is 20.4 Å². The summed E-state index contributed by atoms with van der Waals surface area (Å²) < 4.78 is 16.7. The van der Waals surface area contributed by atoms with E-state index in [1.54, 1.807) is 56.0 Å². The van der Waals surface area contributed by atoms with Gasteiger partial charge in [-0.2, -0.15) is 5.10 Å². The van der Waals surface area contributed by atoms with Gasteiger partial charge in [-0.05, 0) is 71.3 Å². The van der Waals surface area contributed by atoms with Crippen molar-refractivity contribution in [1.82, 2.24) is 4.90 Å². The van der Waals surface area contributed by atoms with Crippen LogP contribution in [0.2, 0.25) is 10.0 Å². The van der Waals surface area contributed by atoms with Crippen LogP contribution in [0.3, 0.4) is 0 Å². The van der Waals surface area contributed by atoms with Gasteiger partial charge in [0, 0.05) is 0 Å². The smallest absolute Gasteiger partial charge is 0.267 e. The fraction of sp³-hybridized carbons (Fsp3) is 0.222. The fourth-order valence-electron chi connectivity index (χ4n) is 3.34. The van der Waals surface area contributed by atoms with Crippen LogP contribution in [-0.2, 0) is 11.3 Å². The lowest BCUT2D eigenvalue weighted by atomic mass is 10.2. The average Bonchev–Trinajstić information content (AvgIpc) is 3.50. The summed E-state index contributed by atoms with van der Waals surface area (Å²) in [5.74, 6) is 2.04. The van der Waals surface area contributed by atoms with E-state index in [0.717, 1.165) is 5.56 Å². The molecule has 0 atom stereocenters. The quantitative estimate of drug-likeness (QED) is 0.159. The van der Waals surface area contributed by atoms with Crippen molar-refractivity contribution in [3.8, 4) is 11.5 Å². The summed E-state index contributed by atoms with van der Waals surface area (Å²) in [5, 5.41) is 9.77. The van der Waals surface area contributed by atoms with Gasteiger partial charge >= 0.3 is 0 Å². The third-order valence-electron chi connectivity index (χ3n) is 5.16. The molecule has 7 nitrogen and oxygen atoms in total. The molecule has 1 amide bonds. The van der Waals surface area contributed by atoms with E-state index < -0.39 is 0 Å². The predicted octanol–water partition coefficient (Wildman–Crippen LogP) is 7.14. The number of carbonyl (C=O) groups excluding carboxylic acids is 1. The zero-order valence-corrected chi connectivity index (χ0v) is 22.8. The Morgan fingerprint density at radius 3 is 2.70 bits per heavy atom. The number of methoxy groups -OCH3 is 1. The van der Waals surface area contributed by atoms with Gasteiger partial charge in [0.25, 0.3) is 5.91 Å². The first-order valence-electron chi connectivity index (χ1n) is 11.5. The molecule has 0 bridgehead atoms. The molecule has 0 aliphatic carbocycles. The highest BCUT2D eigenvalue weighted by Crippen LogP contribution is 2.36. The summed E-state index contributed by atoms with van der Waals surface area (Å²) in [6.07, 6.45) is 4.85. The molecular weight excluding hydrogens is 533 g/mol. The van der Waals surface area contributed by atoms with Crippen LogP contribution in [0, 0.1) is 5.92 Å². The molecule has 0 N–H and O–H groups in total. The Bertz CT molecular complexity index is 1350. The molecule has 1 saturated heterocycles. The second kappa shape index (κ2) is 12.4. The summed E-state index contributed by atoms with van der Waals surface area (Å²) in [5.41, 5.74) is 1.41. The highest BCUT2D eigenvalue weighted by Gasteiger charge is 2.34. The van der Waals surface area contributed by atoms with Gasteiger partial charge in [-0.3, -0.25) is 9.69 Å². The molecule has 0 saturated carbocycles. The summed E-state index contributed by atoms with van der Waals surface area (Å²) in [4.78, 5) is 15.2. The molecule has 1 aliphatic rings. The first-order valence-corrected chi connectivity index (χ1v) is 13.0. The van der Waals surface area contributed by atoms with Crippen molar-refractivity contribution in [2.75, 3.05) is 13.7 Å². The molecule has 0 radical (unpaired) electrons. The van der Waals surface area contributed by atoms with E-state index in [1.165, 1.54) is 16.7 Å². The van der Waals surface area contributed by atoms with E-state index in [2.05, 4.69) is 24.1 Å². The first-order chi connectivity index (χ1) is 17.9. The van der Waals surface area contributed by atoms with Crippen molar-refractivity contribution < 1.29 is 18.7 Å². The van der Waals surface area contributed by atoms with Gasteiger partial charge in [0.05, 0.1) is 47.7 Å². The molecule has 37 heavy (non-hydrogen) atoms. The Kier molecular flexibility index (Phi) is 8.97. The topological polar surface area (TPSA) is 76.6 Å². The molecule has 1 fully saturated rings. The largest absolute Gasteiger partial charge is 0.493 e. The Hall–Kier alpha value is -3.20. The minimum absolute atomic E-state index is 0.212. The van der Waals surface area contributed by atoms with Gasteiger partial charge in [0.1, 0.15) is 5.76 Å². The van der Waals surface area contributed by atoms with Crippen molar-refractivity contribution in [1.29, 1.82) is 0 Å². The Morgan fingerprint density at radius 1 is 1.14 bits per heavy atom. The molecule has 0 unspecified atom stereocenters. The number of amides is 1. The number of halogens is 2. The third kappa shape index (κ3) is 6.77. The lowest BCUT2D eigenvalue weighted by Gasteiger charge is -2.13. The SMILES string of the molecule is COc1cc(/C=N\N=C2\S/C(=C\c3cccc(Cl)c3Cl)C(=O)N2Cc2ccco2)ccc1OCC(C)C. The molecular formula is C27H25Cl2N3O4S. The molecule has 1 aliphatic heterocycles. The van der Waals surface area contributed by atoms with Gasteiger partial charge < -0.3 is 13.9 Å². The normalized spacial score (nSPS) is 16.1. The minimum Gasteiger partial charge on any atom is -0.493 e. The lowest BCUT2D eigenvalue weighted by Crippen LogP contribution is -2.28. The minimum atomic E-state index is -0.236. The van der Waals surface area contributed by atoms with Gasteiger partial charge in [0.2, 0.25) is 0 Å². The van der Waals surface area contributed by atoms with Crippen LogP contribution >= 0.6 is 35.0 Å². The fourth-order valence-corrected chi connectivity index (χ4v) is 4.63. The lowest BCUT2D eigenvalue weighted by molar-refractivity contribution is -0.122. The number of ether oxygens (including phenoxy) is 2. The first kappa shape index (κ1) is 26.9. The van der Waals surface area contributed by atoms with Crippen LogP contribution in [0.1, 0.15) is 30.7 Å². The zero-order chi connectivity index (χ0) is 26.4. The standard InChI is InChI=1S/C27H25Cl2N3O4S/c1-17(2)16-36-22-10-9-18(12-23(22)34-3)14-30-31-27-32(15-20-7-5-11-35-20)26(33)24(37-27)13-19-6-4-8-21(28)25(19)29/h4-14,17H,15-16H2,1-3H3/b24-13-,30-14-,31-27+. The second-order valence-electron chi connectivity index (χ2n) is 8.47. The maximum Gasteiger partial charge on any atom is 0.267 e. The van der Waals surface area contributed by atoms with E-state index in [-0.39, 0.29) is 12.5 Å². The van der Waals surface area contributed by atoms with Gasteiger partial charge in [-0.15, -0.1) is 5.10 Å². The maximum absolute atomic E-state index is 13.3.